The van der Waals surface area contributed by atoms with Crippen molar-refractivity contribution in [1.29, 1.82) is 5.26 Å². The summed E-state index contributed by atoms with van der Waals surface area (Å²) in [4.78, 5) is 17.1. The van der Waals surface area contributed by atoms with E-state index in [1.54, 1.807) is 42.5 Å². The number of aliphatic imine (C=N–C) groups is 1. The number of aromatic nitrogens is 2. The van der Waals surface area contributed by atoms with Crippen molar-refractivity contribution >= 4 is 17.7 Å². The Hall–Kier alpha value is -3.99. The van der Waals surface area contributed by atoms with Crippen LogP contribution in [0.4, 0.5) is 10.2 Å². The van der Waals surface area contributed by atoms with Gasteiger partial charge in [0.25, 0.3) is 5.91 Å². The third-order valence-electron chi connectivity index (χ3n) is 3.93. The topological polar surface area (TPSA) is 106 Å². The quantitative estimate of drug-likeness (QED) is 0.452. The van der Waals surface area contributed by atoms with Gasteiger partial charge >= 0.3 is 0 Å². The number of carbonyl (C=O) groups excluding carboxylic acids is 1. The lowest BCUT2D eigenvalue weighted by Gasteiger charge is -2.17. The summed E-state index contributed by atoms with van der Waals surface area (Å²) in [5.41, 5.74) is 1.86. The van der Waals surface area contributed by atoms with Crippen molar-refractivity contribution in [3.05, 3.63) is 71.5 Å². The number of hydrogen-bond acceptors (Lipinski definition) is 4. The molecule has 0 unspecified atom stereocenters. The van der Waals surface area contributed by atoms with Gasteiger partial charge in [0.1, 0.15) is 5.82 Å². The molecule has 152 valence electrons. The fraction of sp³-hybridized carbons (Fsp3) is 0.182. The molecule has 1 aromatic heterocycles. The fourth-order valence-electron chi connectivity index (χ4n) is 2.58. The number of H-pyrrole nitrogens is 1. The number of benzene rings is 2. The maximum Gasteiger partial charge on any atom is 0.257 e. The van der Waals surface area contributed by atoms with E-state index in [2.05, 4.69) is 25.8 Å². The Kier molecular flexibility index (Phi) is 5.93. The van der Waals surface area contributed by atoms with Crippen LogP contribution in [0.3, 0.4) is 0 Å². The number of rotatable bonds is 3. The maximum atomic E-state index is 13.1. The molecule has 0 aliphatic carbocycles. The molecule has 0 saturated heterocycles. The zero-order valence-corrected chi connectivity index (χ0v) is 16.8. The molecule has 0 bridgehead atoms. The van der Waals surface area contributed by atoms with Gasteiger partial charge in [0, 0.05) is 11.6 Å². The summed E-state index contributed by atoms with van der Waals surface area (Å²) in [6.45, 7) is 5.70. The molecule has 0 spiro atoms. The highest BCUT2D eigenvalue weighted by Crippen LogP contribution is 2.20. The van der Waals surface area contributed by atoms with Gasteiger partial charge in [0.05, 0.1) is 22.9 Å². The second-order valence-corrected chi connectivity index (χ2v) is 7.57. The fourth-order valence-corrected chi connectivity index (χ4v) is 2.58. The summed E-state index contributed by atoms with van der Waals surface area (Å²) >= 11 is 0. The Morgan fingerprint density at radius 3 is 2.40 bits per heavy atom. The van der Waals surface area contributed by atoms with Gasteiger partial charge in [-0.2, -0.15) is 10.4 Å². The summed E-state index contributed by atoms with van der Waals surface area (Å²) in [5.74, 6) is -0.0162. The lowest BCUT2D eigenvalue weighted by Crippen LogP contribution is -2.38. The molecule has 3 aromatic rings. The first-order valence-electron chi connectivity index (χ1n) is 9.23. The minimum absolute atomic E-state index is 0.231. The summed E-state index contributed by atoms with van der Waals surface area (Å²) in [6.07, 6.45) is 0. The summed E-state index contributed by atoms with van der Waals surface area (Å²) in [5, 5.41) is 21.7. The van der Waals surface area contributed by atoms with Crippen LogP contribution in [0.2, 0.25) is 0 Å². The Balaban J connectivity index is 1.79. The van der Waals surface area contributed by atoms with Crippen molar-refractivity contribution in [2.24, 2.45) is 4.99 Å². The Morgan fingerprint density at radius 2 is 1.80 bits per heavy atom. The van der Waals surface area contributed by atoms with E-state index in [0.717, 1.165) is 5.56 Å². The van der Waals surface area contributed by atoms with Gasteiger partial charge in [0.15, 0.2) is 5.82 Å². The van der Waals surface area contributed by atoms with E-state index in [0.29, 0.717) is 22.6 Å². The largest absolute Gasteiger partial charge is 0.309 e. The van der Waals surface area contributed by atoms with Crippen LogP contribution in [0.5, 0.6) is 0 Å². The average molecular weight is 404 g/mol. The lowest BCUT2D eigenvalue weighted by atomic mass is 10.1. The molecule has 1 heterocycles. The highest BCUT2D eigenvalue weighted by molar-refractivity contribution is 6.09. The van der Waals surface area contributed by atoms with Crippen LogP contribution in [-0.2, 0) is 0 Å². The normalized spacial score (nSPS) is 11.6. The minimum atomic E-state index is -0.462. The number of aromatic amines is 1. The van der Waals surface area contributed by atoms with E-state index in [9.17, 15) is 9.18 Å². The average Bonchev–Trinajstić information content (AvgIpc) is 3.15. The molecule has 3 N–H and O–H groups in total. The van der Waals surface area contributed by atoms with E-state index in [-0.39, 0.29) is 17.7 Å². The SMILES string of the molecule is CC(C)(C)N=C(NC(=O)c1ccc(C#N)cc1)Nc1cc(-c2ccc(F)cc2)[nH]n1. The van der Waals surface area contributed by atoms with Crippen LogP contribution in [0.25, 0.3) is 11.3 Å². The minimum Gasteiger partial charge on any atom is -0.309 e. The zero-order valence-electron chi connectivity index (χ0n) is 16.8. The van der Waals surface area contributed by atoms with Crippen molar-refractivity contribution in [2.75, 3.05) is 5.32 Å². The first-order valence-corrected chi connectivity index (χ1v) is 9.23. The van der Waals surface area contributed by atoms with Gasteiger partial charge in [-0.1, -0.05) is 0 Å². The molecule has 3 rings (SSSR count). The van der Waals surface area contributed by atoms with E-state index in [4.69, 9.17) is 5.26 Å². The number of nitrogens with zero attached hydrogens (tertiary/aromatic N) is 3. The molecule has 0 atom stereocenters. The molecule has 30 heavy (non-hydrogen) atoms. The monoisotopic (exact) mass is 404 g/mol. The first-order chi connectivity index (χ1) is 14.2. The molecule has 8 heteroatoms. The molecule has 1 amide bonds. The number of anilines is 1. The predicted molar refractivity (Wildman–Crippen MR) is 113 cm³/mol. The number of carbonyl (C=O) groups is 1. The van der Waals surface area contributed by atoms with Crippen molar-refractivity contribution < 1.29 is 9.18 Å². The van der Waals surface area contributed by atoms with Crippen LogP contribution in [0, 0.1) is 17.1 Å². The van der Waals surface area contributed by atoms with Crippen LogP contribution in [-0.4, -0.2) is 27.6 Å². The Bertz CT molecular complexity index is 1100. The number of hydrogen-bond donors (Lipinski definition) is 3. The van der Waals surface area contributed by atoms with Gasteiger partial charge < -0.3 is 5.32 Å². The third-order valence-corrected chi connectivity index (χ3v) is 3.93. The number of nitriles is 1. The number of guanidine groups is 1. The van der Waals surface area contributed by atoms with Gasteiger partial charge in [-0.3, -0.25) is 15.2 Å². The highest BCUT2D eigenvalue weighted by atomic mass is 19.1. The van der Waals surface area contributed by atoms with Crippen molar-refractivity contribution in [1.82, 2.24) is 15.5 Å². The van der Waals surface area contributed by atoms with Crippen molar-refractivity contribution in [3.8, 4) is 17.3 Å². The second kappa shape index (κ2) is 8.57. The van der Waals surface area contributed by atoms with Crippen molar-refractivity contribution in [2.45, 2.75) is 26.3 Å². The maximum absolute atomic E-state index is 13.1. The molecular weight excluding hydrogens is 383 g/mol. The van der Waals surface area contributed by atoms with E-state index >= 15 is 0 Å². The second-order valence-electron chi connectivity index (χ2n) is 7.57. The standard InChI is InChI=1S/C22H21FN6O/c1-22(2,3)27-21(26-20(30)16-6-4-14(13-24)5-7-16)25-19-12-18(28-29-19)15-8-10-17(23)11-9-15/h4-12H,1-3H3,(H3,25,26,27,28,29,30). The van der Waals surface area contributed by atoms with Crippen LogP contribution >= 0.6 is 0 Å². The number of amides is 1. The molecule has 2 aromatic carbocycles. The van der Waals surface area contributed by atoms with Crippen LogP contribution in [0.1, 0.15) is 36.7 Å². The molecular formula is C22H21FN6O. The number of nitrogens with one attached hydrogen (secondary N) is 3. The van der Waals surface area contributed by atoms with Gasteiger partial charge in [-0.05, 0) is 74.9 Å². The summed E-state index contributed by atoms with van der Waals surface area (Å²) in [7, 11) is 0. The Labute approximate surface area is 173 Å². The summed E-state index contributed by atoms with van der Waals surface area (Å²) in [6, 6.07) is 16.1. The molecule has 0 aliphatic rings. The van der Waals surface area contributed by atoms with Crippen molar-refractivity contribution in [3.63, 3.8) is 0 Å². The smallest absolute Gasteiger partial charge is 0.257 e. The van der Waals surface area contributed by atoms with E-state index in [1.807, 2.05) is 26.8 Å². The number of halogens is 1. The lowest BCUT2D eigenvalue weighted by molar-refractivity contribution is 0.0977. The third kappa shape index (κ3) is 5.52. The highest BCUT2D eigenvalue weighted by Gasteiger charge is 2.15. The van der Waals surface area contributed by atoms with Gasteiger partial charge in [-0.25, -0.2) is 9.38 Å². The molecule has 7 nitrogen and oxygen atoms in total. The first kappa shape index (κ1) is 20.7. The summed E-state index contributed by atoms with van der Waals surface area (Å²) < 4.78 is 13.1. The molecule has 0 aliphatic heterocycles. The van der Waals surface area contributed by atoms with Crippen LogP contribution < -0.4 is 10.6 Å². The Morgan fingerprint density at radius 1 is 1.13 bits per heavy atom. The zero-order chi connectivity index (χ0) is 21.7. The van der Waals surface area contributed by atoms with Gasteiger partial charge in [-0.15, -0.1) is 0 Å². The van der Waals surface area contributed by atoms with Crippen LogP contribution in [0.15, 0.2) is 59.6 Å². The van der Waals surface area contributed by atoms with Gasteiger partial charge in [0.2, 0.25) is 5.96 Å². The molecule has 0 radical (unpaired) electrons. The molecule has 0 saturated carbocycles. The van der Waals surface area contributed by atoms with E-state index in [1.165, 1.54) is 12.1 Å². The predicted octanol–water partition coefficient (Wildman–Crippen LogP) is 4.08. The van der Waals surface area contributed by atoms with E-state index < -0.39 is 5.54 Å². The molecule has 0 fully saturated rings.